The van der Waals surface area contributed by atoms with E-state index in [0.717, 1.165) is 24.4 Å². The Balaban J connectivity index is 1.86. The predicted octanol–water partition coefficient (Wildman–Crippen LogP) is 2.53. The van der Waals surface area contributed by atoms with E-state index in [2.05, 4.69) is 19.2 Å². The van der Waals surface area contributed by atoms with Gasteiger partial charge in [-0.15, -0.1) is 0 Å². The molecule has 0 aromatic rings. The Morgan fingerprint density at radius 2 is 2.20 bits per heavy atom. The molecule has 2 heteroatoms. The van der Waals surface area contributed by atoms with Crippen molar-refractivity contribution in [3.05, 3.63) is 0 Å². The van der Waals surface area contributed by atoms with Gasteiger partial charge in [-0.25, -0.2) is 0 Å². The number of rotatable bonds is 9. The first-order valence-corrected chi connectivity index (χ1v) is 6.71. The quantitative estimate of drug-likeness (QED) is 0.576. The van der Waals surface area contributed by atoms with Gasteiger partial charge in [0.2, 0.25) is 0 Å². The van der Waals surface area contributed by atoms with Gasteiger partial charge in [-0.3, -0.25) is 0 Å². The lowest BCUT2D eigenvalue weighted by Gasteiger charge is -2.09. The van der Waals surface area contributed by atoms with Gasteiger partial charge in [0.15, 0.2) is 0 Å². The smallest absolute Gasteiger partial charge is 0.00991 e. The minimum atomic E-state index is 0.808. The van der Waals surface area contributed by atoms with Gasteiger partial charge in [0.25, 0.3) is 0 Å². The van der Waals surface area contributed by atoms with E-state index in [4.69, 9.17) is 5.73 Å². The van der Waals surface area contributed by atoms with Crippen LogP contribution >= 0.6 is 0 Å². The third-order valence-electron chi connectivity index (χ3n) is 3.52. The molecule has 1 saturated carbocycles. The Bertz CT molecular complexity index is 159. The molecule has 0 aliphatic heterocycles. The highest BCUT2D eigenvalue weighted by Crippen LogP contribution is 2.34. The van der Waals surface area contributed by atoms with Gasteiger partial charge in [-0.2, -0.15) is 0 Å². The van der Waals surface area contributed by atoms with E-state index in [1.165, 1.54) is 45.1 Å². The molecular weight excluding hydrogens is 184 g/mol. The topological polar surface area (TPSA) is 38.0 Å². The van der Waals surface area contributed by atoms with E-state index in [1.807, 2.05) is 0 Å². The summed E-state index contributed by atoms with van der Waals surface area (Å²) in [4.78, 5) is 0. The molecule has 0 spiro atoms. The second kappa shape index (κ2) is 7.24. The second-order valence-electron chi connectivity index (χ2n) is 5.17. The lowest BCUT2D eigenvalue weighted by atomic mass is 10.0. The fourth-order valence-corrected chi connectivity index (χ4v) is 2.35. The molecule has 1 aliphatic rings. The van der Waals surface area contributed by atoms with Crippen LogP contribution in [0.3, 0.4) is 0 Å². The maximum Gasteiger partial charge on any atom is 0.00991 e. The number of hydrogen-bond acceptors (Lipinski definition) is 2. The molecule has 15 heavy (non-hydrogen) atoms. The molecular formula is C13H28N2. The molecule has 3 atom stereocenters. The third-order valence-corrected chi connectivity index (χ3v) is 3.52. The van der Waals surface area contributed by atoms with Crippen molar-refractivity contribution < 1.29 is 0 Å². The summed E-state index contributed by atoms with van der Waals surface area (Å²) in [5.41, 5.74) is 5.53. The first kappa shape index (κ1) is 13.0. The zero-order valence-electron chi connectivity index (χ0n) is 10.5. The van der Waals surface area contributed by atoms with Crippen LogP contribution in [0.2, 0.25) is 0 Å². The van der Waals surface area contributed by atoms with Gasteiger partial charge in [-0.05, 0) is 57.0 Å². The fourth-order valence-electron chi connectivity index (χ4n) is 2.35. The molecule has 0 aromatic heterocycles. The molecule has 0 amide bonds. The Kier molecular flexibility index (Phi) is 6.26. The number of nitrogens with one attached hydrogen (secondary N) is 1. The van der Waals surface area contributed by atoms with E-state index in [-0.39, 0.29) is 0 Å². The number of hydrogen-bond donors (Lipinski definition) is 2. The summed E-state index contributed by atoms with van der Waals surface area (Å²) in [5, 5.41) is 3.66. The highest BCUT2D eigenvalue weighted by Gasteiger charge is 2.34. The van der Waals surface area contributed by atoms with Crippen LogP contribution in [0.5, 0.6) is 0 Å². The molecule has 3 unspecified atom stereocenters. The molecule has 0 aromatic carbocycles. The Morgan fingerprint density at radius 3 is 2.87 bits per heavy atom. The lowest BCUT2D eigenvalue weighted by molar-refractivity contribution is 0.464. The molecule has 1 rings (SSSR count). The molecule has 1 aliphatic carbocycles. The number of nitrogens with two attached hydrogens (primary N) is 1. The molecule has 3 N–H and O–H groups in total. The summed E-state index contributed by atoms with van der Waals surface area (Å²) >= 11 is 0. The summed E-state index contributed by atoms with van der Waals surface area (Å²) in [5.74, 6) is 1.80. The van der Waals surface area contributed by atoms with E-state index in [1.54, 1.807) is 0 Å². The van der Waals surface area contributed by atoms with Crippen LogP contribution in [0, 0.1) is 11.8 Å². The molecule has 1 fully saturated rings. The monoisotopic (exact) mass is 212 g/mol. The molecule has 0 heterocycles. The van der Waals surface area contributed by atoms with Crippen LogP contribution in [0.25, 0.3) is 0 Å². The van der Waals surface area contributed by atoms with Gasteiger partial charge in [0, 0.05) is 6.04 Å². The maximum atomic E-state index is 5.53. The van der Waals surface area contributed by atoms with Gasteiger partial charge < -0.3 is 11.1 Å². The molecule has 90 valence electrons. The van der Waals surface area contributed by atoms with Crippen molar-refractivity contribution in [1.82, 2.24) is 5.32 Å². The van der Waals surface area contributed by atoms with Crippen LogP contribution in [-0.4, -0.2) is 19.1 Å². The Hall–Kier alpha value is -0.0800. The fraction of sp³-hybridized carbons (Fsp3) is 1.00. The maximum absolute atomic E-state index is 5.53. The van der Waals surface area contributed by atoms with E-state index in [0.29, 0.717) is 0 Å². The van der Waals surface area contributed by atoms with Crippen LogP contribution < -0.4 is 11.1 Å². The third kappa shape index (κ3) is 5.53. The summed E-state index contributed by atoms with van der Waals surface area (Å²) in [6.45, 7) is 6.64. The van der Waals surface area contributed by atoms with E-state index < -0.39 is 0 Å². The Morgan fingerprint density at radius 1 is 1.40 bits per heavy atom. The van der Waals surface area contributed by atoms with Crippen molar-refractivity contribution in [2.24, 2.45) is 17.6 Å². The Labute approximate surface area is 95.0 Å². The summed E-state index contributed by atoms with van der Waals surface area (Å²) in [6.07, 6.45) is 8.01. The van der Waals surface area contributed by atoms with Gasteiger partial charge in [-0.1, -0.05) is 20.3 Å². The van der Waals surface area contributed by atoms with Crippen LogP contribution in [0.15, 0.2) is 0 Å². The van der Waals surface area contributed by atoms with Crippen LogP contribution in [-0.2, 0) is 0 Å². The summed E-state index contributed by atoms with van der Waals surface area (Å²) < 4.78 is 0. The van der Waals surface area contributed by atoms with Crippen molar-refractivity contribution in [1.29, 1.82) is 0 Å². The standard InChI is InChI=1S/C13H28N2/c1-3-5-12-10-13(12)15-9-4-6-11(2)7-8-14/h11-13,15H,3-10,14H2,1-2H3. The average molecular weight is 212 g/mol. The van der Waals surface area contributed by atoms with Crippen LogP contribution in [0.1, 0.15) is 52.4 Å². The lowest BCUT2D eigenvalue weighted by Crippen LogP contribution is -2.20. The second-order valence-corrected chi connectivity index (χ2v) is 5.17. The van der Waals surface area contributed by atoms with Crippen molar-refractivity contribution in [3.8, 4) is 0 Å². The SMILES string of the molecule is CCCC1CC1NCCCC(C)CCN. The minimum Gasteiger partial charge on any atom is -0.330 e. The summed E-state index contributed by atoms with van der Waals surface area (Å²) in [7, 11) is 0. The zero-order valence-corrected chi connectivity index (χ0v) is 10.5. The molecule has 0 bridgehead atoms. The van der Waals surface area contributed by atoms with Gasteiger partial charge >= 0.3 is 0 Å². The molecule has 0 radical (unpaired) electrons. The largest absolute Gasteiger partial charge is 0.330 e. The highest BCUT2D eigenvalue weighted by molar-refractivity contribution is 4.92. The van der Waals surface area contributed by atoms with Crippen molar-refractivity contribution in [2.45, 2.75) is 58.4 Å². The zero-order chi connectivity index (χ0) is 11.1. The van der Waals surface area contributed by atoms with Gasteiger partial charge in [0.05, 0.1) is 0 Å². The van der Waals surface area contributed by atoms with E-state index in [9.17, 15) is 0 Å². The first-order valence-electron chi connectivity index (χ1n) is 6.71. The van der Waals surface area contributed by atoms with Gasteiger partial charge in [0.1, 0.15) is 0 Å². The van der Waals surface area contributed by atoms with Crippen molar-refractivity contribution in [3.63, 3.8) is 0 Å². The van der Waals surface area contributed by atoms with Crippen LogP contribution in [0.4, 0.5) is 0 Å². The minimum absolute atomic E-state index is 0.808. The average Bonchev–Trinajstić information content (AvgIpc) is 2.93. The molecule has 2 nitrogen and oxygen atoms in total. The highest BCUT2D eigenvalue weighted by atomic mass is 15.0. The first-order chi connectivity index (χ1) is 7.27. The molecule has 0 saturated heterocycles. The van der Waals surface area contributed by atoms with Crippen molar-refractivity contribution in [2.75, 3.05) is 13.1 Å². The van der Waals surface area contributed by atoms with E-state index >= 15 is 0 Å². The summed E-state index contributed by atoms with van der Waals surface area (Å²) in [6, 6.07) is 0.856. The predicted molar refractivity (Wildman–Crippen MR) is 66.9 cm³/mol. The normalized spacial score (nSPS) is 26.6. The van der Waals surface area contributed by atoms with Crippen molar-refractivity contribution >= 4 is 0 Å².